The number of carbonyl (C=O) groups excluding carboxylic acids is 1. The molecule has 31 heavy (non-hydrogen) atoms. The van der Waals surface area contributed by atoms with Crippen LogP contribution in [0.5, 0.6) is 5.75 Å². The molecule has 1 aromatic heterocycles. The molecular formula is C23H24Cl2N2O4. The molecule has 1 N–H and O–H groups in total. The number of nitrogens with zero attached hydrogens (tertiary/aromatic N) is 1. The van der Waals surface area contributed by atoms with Crippen molar-refractivity contribution in [3.8, 4) is 5.75 Å². The molecule has 0 bridgehead atoms. The van der Waals surface area contributed by atoms with Gasteiger partial charge in [0.05, 0.1) is 30.3 Å². The summed E-state index contributed by atoms with van der Waals surface area (Å²) in [5.41, 5.74) is 3.57. The Labute approximate surface area is 190 Å². The highest BCUT2D eigenvalue weighted by Crippen LogP contribution is 2.42. The van der Waals surface area contributed by atoms with Crippen LogP contribution in [0.1, 0.15) is 57.9 Å². The van der Waals surface area contributed by atoms with Crippen LogP contribution in [-0.4, -0.2) is 41.7 Å². The van der Waals surface area contributed by atoms with Crippen molar-refractivity contribution in [1.82, 2.24) is 9.88 Å². The van der Waals surface area contributed by atoms with E-state index in [1.54, 1.807) is 11.0 Å². The quantitative estimate of drug-likeness (QED) is 0.721. The third-order valence-electron chi connectivity index (χ3n) is 6.27. The van der Waals surface area contributed by atoms with E-state index in [1.807, 2.05) is 13.0 Å². The first-order chi connectivity index (χ1) is 14.9. The number of rotatable bonds is 5. The molecule has 164 valence electrons. The van der Waals surface area contributed by atoms with E-state index in [2.05, 4.69) is 4.98 Å². The first-order valence-corrected chi connectivity index (χ1v) is 11.4. The number of carbonyl (C=O) groups is 1. The number of halogens is 2. The summed E-state index contributed by atoms with van der Waals surface area (Å²) in [4.78, 5) is 30.7. The molecule has 1 saturated carbocycles. The molecule has 3 aliphatic rings. The maximum atomic E-state index is 13.4. The predicted molar refractivity (Wildman–Crippen MR) is 119 cm³/mol. The maximum absolute atomic E-state index is 13.4. The van der Waals surface area contributed by atoms with Crippen LogP contribution in [0.15, 0.2) is 16.9 Å². The van der Waals surface area contributed by atoms with Crippen LogP contribution >= 0.6 is 23.2 Å². The molecule has 3 heterocycles. The second-order valence-corrected chi connectivity index (χ2v) is 9.38. The highest BCUT2D eigenvalue weighted by molar-refractivity contribution is 6.38. The number of ether oxygens (including phenoxy) is 2. The van der Waals surface area contributed by atoms with Crippen LogP contribution in [0.25, 0.3) is 0 Å². The number of aryl methyl sites for hydroxylation is 1. The van der Waals surface area contributed by atoms with Gasteiger partial charge in [0.2, 0.25) is 0 Å². The number of aromatic amines is 1. The number of H-pyrrole nitrogens is 1. The number of nitrogens with one attached hydrogen (secondary N) is 1. The molecule has 0 spiro atoms. The fraction of sp³-hybridized carbons (Fsp3) is 0.478. The SMILES string of the molecule is Cc1cc(C2CC2)c(CN2CCc3c(Cl)cc(O[C@@H]4CCOC4)c(Cl)c3C2=O)c(=O)[nH]1. The Morgan fingerprint density at radius 2 is 2.03 bits per heavy atom. The van der Waals surface area contributed by atoms with Crippen molar-refractivity contribution in [2.24, 2.45) is 0 Å². The fourth-order valence-corrected chi connectivity index (χ4v) is 5.07. The summed E-state index contributed by atoms with van der Waals surface area (Å²) in [7, 11) is 0. The smallest absolute Gasteiger partial charge is 0.256 e. The van der Waals surface area contributed by atoms with E-state index in [9.17, 15) is 9.59 Å². The van der Waals surface area contributed by atoms with Crippen molar-refractivity contribution in [3.05, 3.63) is 60.5 Å². The summed E-state index contributed by atoms with van der Waals surface area (Å²) in [5.74, 6) is 0.598. The third-order valence-corrected chi connectivity index (χ3v) is 6.98. The number of aromatic nitrogens is 1. The highest BCUT2D eigenvalue weighted by Gasteiger charge is 2.34. The zero-order chi connectivity index (χ0) is 21.7. The normalized spacial score (nSPS) is 20.8. The van der Waals surface area contributed by atoms with Crippen LogP contribution < -0.4 is 10.3 Å². The van der Waals surface area contributed by atoms with E-state index in [-0.39, 0.29) is 29.1 Å². The van der Waals surface area contributed by atoms with Gasteiger partial charge in [-0.1, -0.05) is 23.2 Å². The number of hydrogen-bond donors (Lipinski definition) is 1. The van der Waals surface area contributed by atoms with Crippen molar-refractivity contribution in [2.75, 3.05) is 19.8 Å². The van der Waals surface area contributed by atoms with E-state index in [4.69, 9.17) is 32.7 Å². The lowest BCUT2D eigenvalue weighted by Crippen LogP contribution is -2.39. The number of hydrogen-bond acceptors (Lipinski definition) is 4. The van der Waals surface area contributed by atoms with E-state index in [1.165, 1.54) is 0 Å². The molecule has 2 aromatic rings. The molecule has 1 amide bonds. The van der Waals surface area contributed by atoms with Crippen LogP contribution in [0.3, 0.4) is 0 Å². The molecule has 6 nitrogen and oxygen atoms in total. The van der Waals surface area contributed by atoms with Gasteiger partial charge in [0, 0.05) is 35.3 Å². The van der Waals surface area contributed by atoms with Gasteiger partial charge in [-0.15, -0.1) is 0 Å². The highest BCUT2D eigenvalue weighted by atomic mass is 35.5. The summed E-state index contributed by atoms with van der Waals surface area (Å²) in [6.45, 7) is 3.76. The standard InChI is InChI=1S/C23H24Cl2N2O4/c1-12-8-16(13-2-3-13)17(22(28)26-12)10-27-6-4-15-18(24)9-19(21(25)20(15)23(27)29)31-14-5-7-30-11-14/h8-9,13-14H,2-7,10-11H2,1H3,(H,26,28)/t14-/m1/s1. The minimum atomic E-state index is -0.219. The van der Waals surface area contributed by atoms with E-state index < -0.39 is 0 Å². The Balaban J connectivity index is 1.47. The predicted octanol–water partition coefficient (Wildman–Crippen LogP) is 4.23. The lowest BCUT2D eigenvalue weighted by atomic mass is 9.96. The summed E-state index contributed by atoms with van der Waals surface area (Å²) in [6, 6.07) is 3.73. The van der Waals surface area contributed by atoms with E-state index >= 15 is 0 Å². The molecule has 1 saturated heterocycles. The summed E-state index contributed by atoms with van der Waals surface area (Å²) < 4.78 is 11.3. The Kier molecular flexibility index (Phi) is 5.49. The minimum absolute atomic E-state index is 0.103. The molecule has 0 radical (unpaired) electrons. The number of benzene rings is 1. The van der Waals surface area contributed by atoms with Crippen molar-refractivity contribution in [1.29, 1.82) is 0 Å². The number of fused-ring (bicyclic) bond motifs is 1. The largest absolute Gasteiger partial charge is 0.486 e. The fourth-order valence-electron chi connectivity index (χ4n) is 4.49. The van der Waals surface area contributed by atoms with Crippen molar-refractivity contribution < 1.29 is 14.3 Å². The first-order valence-electron chi connectivity index (χ1n) is 10.7. The molecule has 1 atom stereocenters. The van der Waals surface area contributed by atoms with E-state index in [0.29, 0.717) is 54.0 Å². The van der Waals surface area contributed by atoms with E-state index in [0.717, 1.165) is 36.1 Å². The molecule has 1 aliphatic carbocycles. The van der Waals surface area contributed by atoms with Gasteiger partial charge in [0.25, 0.3) is 11.5 Å². The molecule has 2 fully saturated rings. The second kappa shape index (κ2) is 8.15. The Morgan fingerprint density at radius 1 is 1.23 bits per heavy atom. The zero-order valence-corrected chi connectivity index (χ0v) is 18.8. The van der Waals surface area contributed by atoms with Gasteiger partial charge in [-0.05, 0) is 49.3 Å². The van der Waals surface area contributed by atoms with Gasteiger partial charge in [-0.2, -0.15) is 0 Å². The number of pyridine rings is 1. The van der Waals surface area contributed by atoms with Crippen molar-refractivity contribution >= 4 is 29.1 Å². The van der Waals surface area contributed by atoms with Crippen LogP contribution in [0.4, 0.5) is 0 Å². The summed E-state index contributed by atoms with van der Waals surface area (Å²) in [6.07, 6.45) is 3.41. The molecule has 5 rings (SSSR count). The minimum Gasteiger partial charge on any atom is -0.486 e. The monoisotopic (exact) mass is 462 g/mol. The average molecular weight is 463 g/mol. The van der Waals surface area contributed by atoms with Gasteiger partial charge < -0.3 is 19.4 Å². The molecule has 1 aromatic carbocycles. The Bertz CT molecular complexity index is 1100. The molecule has 2 aliphatic heterocycles. The van der Waals surface area contributed by atoms with Crippen LogP contribution in [0, 0.1) is 6.92 Å². The Hall–Kier alpha value is -2.02. The summed E-state index contributed by atoms with van der Waals surface area (Å²) >= 11 is 13.1. The Morgan fingerprint density at radius 3 is 2.74 bits per heavy atom. The molecular weight excluding hydrogens is 439 g/mol. The number of amides is 1. The zero-order valence-electron chi connectivity index (χ0n) is 17.3. The maximum Gasteiger partial charge on any atom is 0.256 e. The van der Waals surface area contributed by atoms with Crippen molar-refractivity contribution in [3.63, 3.8) is 0 Å². The molecule has 0 unspecified atom stereocenters. The second-order valence-electron chi connectivity index (χ2n) is 8.59. The van der Waals surface area contributed by atoms with Gasteiger partial charge in [-0.3, -0.25) is 9.59 Å². The lowest BCUT2D eigenvalue weighted by Gasteiger charge is -2.31. The van der Waals surface area contributed by atoms with Gasteiger partial charge in [0.1, 0.15) is 11.9 Å². The van der Waals surface area contributed by atoms with Crippen LogP contribution in [0.2, 0.25) is 10.0 Å². The first kappa shape index (κ1) is 20.9. The van der Waals surface area contributed by atoms with Crippen molar-refractivity contribution in [2.45, 2.75) is 51.2 Å². The average Bonchev–Trinajstić information content (AvgIpc) is 3.45. The topological polar surface area (TPSA) is 71.6 Å². The molecule has 8 heteroatoms. The van der Waals surface area contributed by atoms with Gasteiger partial charge in [-0.25, -0.2) is 0 Å². The van der Waals surface area contributed by atoms with Gasteiger partial charge in [0.15, 0.2) is 0 Å². The van der Waals surface area contributed by atoms with Crippen LogP contribution in [-0.2, 0) is 17.7 Å². The van der Waals surface area contributed by atoms with Gasteiger partial charge >= 0.3 is 0 Å². The lowest BCUT2D eigenvalue weighted by molar-refractivity contribution is 0.0725. The summed E-state index contributed by atoms with van der Waals surface area (Å²) in [5, 5.41) is 0.759. The third kappa shape index (κ3) is 3.97.